The van der Waals surface area contributed by atoms with Gasteiger partial charge < -0.3 is 9.84 Å². The first-order valence-corrected chi connectivity index (χ1v) is 4.52. The Labute approximate surface area is 88.2 Å². The second kappa shape index (κ2) is 5.14. The molecule has 0 radical (unpaired) electrons. The molecular formula is C11H12NO3-. The fourth-order valence-corrected chi connectivity index (χ4v) is 1.03. The second-order valence-corrected chi connectivity index (χ2v) is 3.08. The maximum absolute atomic E-state index is 10.7. The van der Waals surface area contributed by atoms with Gasteiger partial charge in [-0.3, -0.25) is 9.79 Å². The van der Waals surface area contributed by atoms with Crippen molar-refractivity contribution in [1.82, 2.24) is 0 Å². The van der Waals surface area contributed by atoms with Crippen LogP contribution >= 0.6 is 0 Å². The molecule has 4 nitrogen and oxygen atoms in total. The maximum Gasteiger partial charge on any atom is 0.302 e. The van der Waals surface area contributed by atoms with E-state index < -0.39 is 0 Å². The summed E-state index contributed by atoms with van der Waals surface area (Å²) in [4.78, 5) is 14.3. The number of ether oxygens (including phenoxy) is 1. The molecular weight excluding hydrogens is 194 g/mol. The molecule has 1 rings (SSSR count). The van der Waals surface area contributed by atoms with E-state index in [0.717, 1.165) is 5.56 Å². The molecule has 0 saturated carbocycles. The number of benzene rings is 1. The van der Waals surface area contributed by atoms with Gasteiger partial charge in [-0.05, 0) is 30.5 Å². The van der Waals surface area contributed by atoms with Gasteiger partial charge in [-0.15, -0.1) is 0 Å². The Morgan fingerprint density at radius 3 is 2.40 bits per heavy atom. The van der Waals surface area contributed by atoms with Gasteiger partial charge in [0.05, 0.1) is 5.69 Å². The van der Waals surface area contributed by atoms with Crippen LogP contribution in [0.25, 0.3) is 0 Å². The average Bonchev–Trinajstić information content (AvgIpc) is 2.16. The van der Waals surface area contributed by atoms with Crippen molar-refractivity contribution in [1.29, 1.82) is 0 Å². The minimum absolute atomic E-state index is 0.234. The quantitative estimate of drug-likeness (QED) is 0.423. The van der Waals surface area contributed by atoms with Crippen LogP contribution in [0.1, 0.15) is 19.4 Å². The van der Waals surface area contributed by atoms with E-state index in [9.17, 15) is 9.90 Å². The second-order valence-electron chi connectivity index (χ2n) is 3.08. The molecule has 0 aliphatic carbocycles. The molecule has 0 saturated heterocycles. The van der Waals surface area contributed by atoms with Gasteiger partial charge in [-0.25, -0.2) is 0 Å². The minimum atomic E-state index is -0.312. The first-order valence-electron chi connectivity index (χ1n) is 4.52. The zero-order chi connectivity index (χ0) is 11.3. The van der Waals surface area contributed by atoms with E-state index in [1.54, 1.807) is 24.3 Å². The summed E-state index contributed by atoms with van der Waals surface area (Å²) in [6.45, 7) is 3.00. The third kappa shape index (κ3) is 4.26. The lowest BCUT2D eigenvalue weighted by Crippen LogP contribution is -2.10. The Bertz CT molecular complexity index is 364. The predicted octanol–water partition coefficient (Wildman–Crippen LogP) is 1.16. The Morgan fingerprint density at radius 2 is 1.93 bits per heavy atom. The van der Waals surface area contributed by atoms with E-state index in [4.69, 9.17) is 4.74 Å². The lowest BCUT2D eigenvalue weighted by Gasteiger charge is -2.04. The Morgan fingerprint density at radius 1 is 1.33 bits per heavy atom. The van der Waals surface area contributed by atoms with Crippen LogP contribution in [0.2, 0.25) is 0 Å². The van der Waals surface area contributed by atoms with Crippen LogP contribution in [0.5, 0.6) is 0 Å². The molecule has 0 aromatic heterocycles. The van der Waals surface area contributed by atoms with Gasteiger partial charge in [0.2, 0.25) is 0 Å². The monoisotopic (exact) mass is 206 g/mol. The van der Waals surface area contributed by atoms with Crippen molar-refractivity contribution in [3.63, 3.8) is 0 Å². The molecule has 0 bridgehead atoms. The largest absolute Gasteiger partial charge is 0.862 e. The lowest BCUT2D eigenvalue weighted by molar-refractivity contribution is -0.215. The van der Waals surface area contributed by atoms with Crippen molar-refractivity contribution < 1.29 is 14.6 Å². The molecule has 0 spiro atoms. The molecule has 1 aromatic carbocycles. The Kier molecular flexibility index (Phi) is 3.85. The van der Waals surface area contributed by atoms with Crippen LogP contribution in [0.3, 0.4) is 0 Å². The van der Waals surface area contributed by atoms with Crippen LogP contribution < -0.4 is 5.11 Å². The fourth-order valence-electron chi connectivity index (χ4n) is 1.03. The fraction of sp³-hybridized carbons (Fsp3) is 0.273. The average molecular weight is 206 g/mol. The summed E-state index contributed by atoms with van der Waals surface area (Å²) in [5, 5.41) is 10.7. The standard InChI is InChI=1S/C11H13NO3/c1-8(13)12-11-5-3-10(4-6-11)7-15-9(2)14/h3-6H,7H2,1-2H3,(H,12,13)/p-1. The van der Waals surface area contributed by atoms with Crippen LogP contribution in [0.4, 0.5) is 5.69 Å². The number of hydrogen-bond acceptors (Lipinski definition) is 4. The van der Waals surface area contributed by atoms with Crippen molar-refractivity contribution in [2.75, 3.05) is 0 Å². The third-order valence-electron chi connectivity index (χ3n) is 1.66. The van der Waals surface area contributed by atoms with Gasteiger partial charge in [-0.1, -0.05) is 12.1 Å². The van der Waals surface area contributed by atoms with Gasteiger partial charge in [0.1, 0.15) is 6.61 Å². The highest BCUT2D eigenvalue weighted by atomic mass is 16.5. The van der Waals surface area contributed by atoms with E-state index in [1.807, 2.05) is 0 Å². The van der Waals surface area contributed by atoms with Gasteiger partial charge >= 0.3 is 5.97 Å². The number of hydrogen-bond donors (Lipinski definition) is 0. The first-order chi connectivity index (χ1) is 7.08. The van der Waals surface area contributed by atoms with E-state index in [2.05, 4.69) is 4.99 Å². The third-order valence-corrected chi connectivity index (χ3v) is 1.66. The highest BCUT2D eigenvalue weighted by Crippen LogP contribution is 2.13. The summed E-state index contributed by atoms with van der Waals surface area (Å²) >= 11 is 0. The molecule has 0 unspecified atom stereocenters. The SMILES string of the molecule is CC(=O)OCc1ccc(N=C(C)[O-])cc1. The zero-order valence-corrected chi connectivity index (χ0v) is 8.69. The normalized spacial score (nSPS) is 11.2. The molecule has 1 aromatic rings. The van der Waals surface area contributed by atoms with E-state index in [-0.39, 0.29) is 18.5 Å². The molecule has 0 atom stereocenters. The Hall–Kier alpha value is -1.84. The summed E-state index contributed by atoms with van der Waals surface area (Å²) in [5.74, 6) is -0.546. The van der Waals surface area contributed by atoms with Gasteiger partial charge in [0, 0.05) is 6.92 Å². The first kappa shape index (κ1) is 11.2. The number of nitrogens with zero attached hydrogens (tertiary/aromatic N) is 1. The molecule has 0 heterocycles. The van der Waals surface area contributed by atoms with Gasteiger partial charge in [-0.2, -0.15) is 0 Å². The van der Waals surface area contributed by atoms with E-state index >= 15 is 0 Å². The van der Waals surface area contributed by atoms with Crippen LogP contribution in [0, 0.1) is 0 Å². The molecule has 0 fully saturated rings. The summed E-state index contributed by atoms with van der Waals surface area (Å²) in [6, 6.07) is 6.95. The van der Waals surface area contributed by atoms with Crippen molar-refractivity contribution in [3.8, 4) is 0 Å². The van der Waals surface area contributed by atoms with Crippen molar-refractivity contribution in [2.45, 2.75) is 20.5 Å². The maximum atomic E-state index is 10.7. The van der Waals surface area contributed by atoms with Crippen molar-refractivity contribution in [2.24, 2.45) is 4.99 Å². The topological polar surface area (TPSA) is 61.7 Å². The van der Waals surface area contributed by atoms with Crippen LogP contribution in [-0.2, 0) is 16.1 Å². The molecule has 4 heteroatoms. The molecule has 15 heavy (non-hydrogen) atoms. The smallest absolute Gasteiger partial charge is 0.302 e. The van der Waals surface area contributed by atoms with Crippen LogP contribution in [-0.4, -0.2) is 11.9 Å². The number of aliphatic imine (C=N–C) groups is 1. The van der Waals surface area contributed by atoms with Crippen molar-refractivity contribution in [3.05, 3.63) is 29.8 Å². The van der Waals surface area contributed by atoms with E-state index in [0.29, 0.717) is 5.69 Å². The highest BCUT2D eigenvalue weighted by Gasteiger charge is 1.96. The van der Waals surface area contributed by atoms with Crippen molar-refractivity contribution >= 4 is 17.6 Å². The summed E-state index contributed by atoms with van der Waals surface area (Å²) in [5.41, 5.74) is 1.47. The highest BCUT2D eigenvalue weighted by molar-refractivity contribution is 5.72. The summed E-state index contributed by atoms with van der Waals surface area (Å²) < 4.78 is 4.81. The zero-order valence-electron chi connectivity index (χ0n) is 8.69. The predicted molar refractivity (Wildman–Crippen MR) is 54.7 cm³/mol. The number of carbonyl (C=O) groups is 1. The lowest BCUT2D eigenvalue weighted by atomic mass is 10.2. The molecule has 0 N–H and O–H groups in total. The number of esters is 1. The number of rotatable bonds is 3. The summed E-state index contributed by atoms with van der Waals surface area (Å²) in [6.07, 6.45) is 0. The molecule has 0 aliphatic heterocycles. The molecule has 0 aliphatic rings. The molecule has 80 valence electrons. The van der Waals surface area contributed by atoms with Gasteiger partial charge in [0.25, 0.3) is 0 Å². The molecule has 0 amide bonds. The van der Waals surface area contributed by atoms with E-state index in [1.165, 1.54) is 13.8 Å². The van der Waals surface area contributed by atoms with Gasteiger partial charge in [0.15, 0.2) is 0 Å². The summed E-state index contributed by atoms with van der Waals surface area (Å²) in [7, 11) is 0. The minimum Gasteiger partial charge on any atom is -0.862 e. The Balaban J connectivity index is 2.64. The van der Waals surface area contributed by atoms with Crippen LogP contribution in [0.15, 0.2) is 29.3 Å². The number of carbonyl (C=O) groups excluding carboxylic acids is 1.